The van der Waals surface area contributed by atoms with E-state index in [0.29, 0.717) is 35.5 Å². The number of pyridine rings is 2. The van der Waals surface area contributed by atoms with Crippen LogP contribution in [0.4, 0.5) is 49.4 Å². The van der Waals surface area contributed by atoms with Gasteiger partial charge in [-0.1, -0.05) is 12.1 Å². The molecule has 5 heterocycles. The molecule has 3 aliphatic rings. The lowest BCUT2D eigenvalue weighted by atomic mass is 9.79. The lowest BCUT2D eigenvalue weighted by molar-refractivity contribution is -0.0527. The molecular formula is C38H44BF6IN6O6. The Morgan fingerprint density at radius 3 is 1.60 bits per heavy atom. The van der Waals surface area contributed by atoms with Crippen LogP contribution < -0.4 is 36.2 Å². The summed E-state index contributed by atoms with van der Waals surface area (Å²) in [5, 5.41) is 0. The highest BCUT2D eigenvalue weighted by Crippen LogP contribution is 2.37. The molecule has 0 saturated carbocycles. The summed E-state index contributed by atoms with van der Waals surface area (Å²) < 4.78 is 107. The maximum Gasteiger partial charge on any atom is 0.494 e. The van der Waals surface area contributed by atoms with Crippen molar-refractivity contribution in [2.75, 3.05) is 73.9 Å². The summed E-state index contributed by atoms with van der Waals surface area (Å²) in [5.41, 5.74) is 13.4. The number of alkyl halides is 4. The van der Waals surface area contributed by atoms with Gasteiger partial charge in [0, 0.05) is 62.0 Å². The Balaban J connectivity index is 0.000000171. The molecule has 3 aliphatic heterocycles. The number of rotatable bonds is 8. The molecule has 0 aliphatic carbocycles. The molecule has 20 heteroatoms. The number of nitrogens with two attached hydrogens (primary N) is 2. The van der Waals surface area contributed by atoms with Gasteiger partial charge in [0.2, 0.25) is 0 Å². The average molecular weight is 933 g/mol. The van der Waals surface area contributed by atoms with Crippen LogP contribution in [0.25, 0.3) is 11.1 Å². The summed E-state index contributed by atoms with van der Waals surface area (Å²) >= 11 is 2.18. The first-order chi connectivity index (χ1) is 27.4. The van der Waals surface area contributed by atoms with Crippen LogP contribution in [0.2, 0.25) is 0 Å². The molecule has 314 valence electrons. The van der Waals surface area contributed by atoms with Crippen LogP contribution in [0, 0.1) is 15.2 Å². The number of hydrogen-bond donors (Lipinski definition) is 2. The molecular weight excluding hydrogens is 888 g/mol. The molecule has 0 radical (unpaired) electrons. The SMILES string of the molecule is CC1(C)OB(c2ccc(OC(F)F)c(F)c2)OC1(C)C.Nc1cc(N2CCOCC2)ncc1-c1ccc(OC(F)F)c(F)c1.Nc1cc(N2CCOCC2)ncc1I. The maximum absolute atomic E-state index is 13.9. The fourth-order valence-corrected chi connectivity index (χ4v) is 6.06. The maximum atomic E-state index is 13.9. The van der Waals surface area contributed by atoms with Crippen LogP contribution in [0.15, 0.2) is 60.9 Å². The highest BCUT2D eigenvalue weighted by molar-refractivity contribution is 14.1. The van der Waals surface area contributed by atoms with Gasteiger partial charge in [0.25, 0.3) is 0 Å². The van der Waals surface area contributed by atoms with E-state index in [1.807, 2.05) is 38.7 Å². The summed E-state index contributed by atoms with van der Waals surface area (Å²) in [4.78, 5) is 12.9. The predicted molar refractivity (Wildman–Crippen MR) is 217 cm³/mol. The number of nitrogens with zero attached hydrogens (tertiary/aromatic N) is 4. The van der Waals surface area contributed by atoms with Gasteiger partial charge in [-0.15, -0.1) is 0 Å². The zero-order valence-electron chi connectivity index (χ0n) is 32.2. The predicted octanol–water partition coefficient (Wildman–Crippen LogP) is 6.74. The molecule has 2 aromatic heterocycles. The normalized spacial score (nSPS) is 17.4. The molecule has 0 unspecified atom stereocenters. The number of anilines is 4. The van der Waals surface area contributed by atoms with Crippen molar-refractivity contribution in [3.05, 3.63) is 76.1 Å². The van der Waals surface area contributed by atoms with E-state index in [9.17, 15) is 26.3 Å². The van der Waals surface area contributed by atoms with E-state index in [2.05, 4.69) is 46.9 Å². The lowest BCUT2D eigenvalue weighted by Crippen LogP contribution is -2.41. The monoisotopic (exact) mass is 932 g/mol. The number of aromatic nitrogens is 2. The second kappa shape index (κ2) is 19.7. The van der Waals surface area contributed by atoms with Gasteiger partial charge >= 0.3 is 20.3 Å². The van der Waals surface area contributed by atoms with Gasteiger partial charge in [0.05, 0.1) is 46.9 Å². The molecule has 0 amide bonds. The minimum Gasteiger partial charge on any atom is -0.432 e. The first-order valence-corrected chi connectivity index (χ1v) is 19.2. The lowest BCUT2D eigenvalue weighted by Gasteiger charge is -2.32. The van der Waals surface area contributed by atoms with Crippen molar-refractivity contribution in [2.45, 2.75) is 52.1 Å². The molecule has 4 aromatic rings. The molecule has 2 aromatic carbocycles. The van der Waals surface area contributed by atoms with Gasteiger partial charge in [-0.05, 0) is 85.6 Å². The zero-order valence-corrected chi connectivity index (χ0v) is 34.4. The molecule has 0 atom stereocenters. The van der Waals surface area contributed by atoms with E-state index < -0.39 is 54.7 Å². The van der Waals surface area contributed by atoms with Crippen molar-refractivity contribution in [3.8, 4) is 22.6 Å². The van der Waals surface area contributed by atoms with Crippen molar-refractivity contribution < 1.29 is 54.6 Å². The van der Waals surface area contributed by atoms with Gasteiger partial charge in [-0.3, -0.25) is 0 Å². The number of ether oxygens (including phenoxy) is 4. The molecule has 58 heavy (non-hydrogen) atoms. The molecule has 12 nitrogen and oxygen atoms in total. The van der Waals surface area contributed by atoms with E-state index in [1.54, 1.807) is 18.5 Å². The number of hydrogen-bond acceptors (Lipinski definition) is 12. The van der Waals surface area contributed by atoms with E-state index in [4.69, 9.17) is 30.2 Å². The van der Waals surface area contributed by atoms with E-state index in [-0.39, 0.29) is 0 Å². The second-order valence-corrected chi connectivity index (χ2v) is 15.2. The van der Waals surface area contributed by atoms with Gasteiger partial charge in [0.1, 0.15) is 11.6 Å². The summed E-state index contributed by atoms with van der Waals surface area (Å²) in [6.07, 6.45) is 3.35. The van der Waals surface area contributed by atoms with Crippen LogP contribution in [-0.4, -0.2) is 94.1 Å². The standard InChI is InChI=1S/C16H16F3N3O2.C13H16BF3O3.C9H12IN3O/c17-12-7-10(1-2-14(12)24-16(18)19)11-9-21-15(8-13(11)20)22-3-5-23-6-4-22;1-12(2)13(3,4)20-14(19-12)8-5-6-10(9(15)7-8)18-11(16)17;10-7-6-12-9(5-8(7)11)13-1-3-14-4-2-13/h1-2,7-9,16H,3-6H2,(H2,20,21);5-7,11H,1-4H3;5-6H,1-4H2,(H2,11,12). The number of morpholine rings is 2. The quantitative estimate of drug-likeness (QED) is 0.110. The van der Waals surface area contributed by atoms with Crippen LogP contribution in [0.3, 0.4) is 0 Å². The van der Waals surface area contributed by atoms with Crippen molar-refractivity contribution in [1.82, 2.24) is 9.97 Å². The van der Waals surface area contributed by atoms with Crippen molar-refractivity contribution in [1.29, 1.82) is 0 Å². The first kappa shape index (κ1) is 44.9. The molecule has 3 fully saturated rings. The number of benzene rings is 2. The third kappa shape index (κ3) is 11.7. The smallest absolute Gasteiger partial charge is 0.432 e. The number of nitrogen functional groups attached to an aromatic ring is 2. The molecule has 7 rings (SSSR count). The summed E-state index contributed by atoms with van der Waals surface area (Å²) in [6, 6.07) is 11.0. The molecule has 0 bridgehead atoms. The Morgan fingerprint density at radius 2 is 1.16 bits per heavy atom. The Hall–Kier alpha value is -4.25. The van der Waals surface area contributed by atoms with Gasteiger partial charge in [-0.25, -0.2) is 18.7 Å². The molecule has 4 N–H and O–H groups in total. The van der Waals surface area contributed by atoms with Crippen molar-refractivity contribution in [2.24, 2.45) is 0 Å². The first-order valence-electron chi connectivity index (χ1n) is 18.1. The van der Waals surface area contributed by atoms with E-state index >= 15 is 0 Å². The summed E-state index contributed by atoms with van der Waals surface area (Å²) in [5.74, 6) is -1.10. The Labute approximate surface area is 346 Å². The average Bonchev–Trinajstić information content (AvgIpc) is 3.41. The van der Waals surface area contributed by atoms with Crippen LogP contribution in [-0.2, 0) is 18.8 Å². The Bertz CT molecular complexity index is 1980. The van der Waals surface area contributed by atoms with Crippen LogP contribution in [0.5, 0.6) is 11.5 Å². The second-order valence-electron chi connectivity index (χ2n) is 14.1. The number of halogens is 7. The highest BCUT2D eigenvalue weighted by Gasteiger charge is 2.51. The van der Waals surface area contributed by atoms with Gasteiger partial charge in [-0.2, -0.15) is 17.6 Å². The van der Waals surface area contributed by atoms with Crippen molar-refractivity contribution in [3.63, 3.8) is 0 Å². The summed E-state index contributed by atoms with van der Waals surface area (Å²) in [6.45, 7) is 7.38. The minimum absolute atomic E-state index is 0.419. The third-order valence-corrected chi connectivity index (χ3v) is 10.5. The third-order valence-electron chi connectivity index (χ3n) is 9.62. The zero-order chi connectivity index (χ0) is 42.2. The van der Waals surface area contributed by atoms with Crippen molar-refractivity contribution >= 4 is 58.2 Å². The largest absolute Gasteiger partial charge is 0.494 e. The summed E-state index contributed by atoms with van der Waals surface area (Å²) in [7, 11) is -0.741. The van der Waals surface area contributed by atoms with E-state index in [1.165, 1.54) is 12.1 Å². The minimum atomic E-state index is -3.08. The van der Waals surface area contributed by atoms with Gasteiger partial charge in [0.15, 0.2) is 23.1 Å². The molecule has 0 spiro atoms. The Morgan fingerprint density at radius 1 is 0.690 bits per heavy atom. The fourth-order valence-electron chi connectivity index (χ4n) is 5.77. The Kier molecular flexibility index (Phi) is 15.2. The highest BCUT2D eigenvalue weighted by atomic mass is 127. The van der Waals surface area contributed by atoms with Gasteiger partial charge < -0.3 is 49.5 Å². The van der Waals surface area contributed by atoms with Crippen LogP contribution >= 0.6 is 22.6 Å². The van der Waals surface area contributed by atoms with Crippen LogP contribution in [0.1, 0.15) is 27.7 Å². The topological polar surface area (TPSA) is 140 Å². The van der Waals surface area contributed by atoms with E-state index in [0.717, 1.165) is 84.6 Å². The molecule has 3 saturated heterocycles. The fraction of sp³-hybridized carbons (Fsp3) is 0.421.